The molecule has 8 heteroatoms. The van der Waals surface area contributed by atoms with Gasteiger partial charge in [0.1, 0.15) is 16.1 Å². The zero-order valence-electron chi connectivity index (χ0n) is 13.2. The molecule has 1 aromatic rings. The molecule has 128 valence electrons. The minimum atomic E-state index is -1.04. The largest absolute Gasteiger partial charge is 0.496 e. The van der Waals surface area contributed by atoms with Crippen LogP contribution in [0, 0.1) is 0 Å². The lowest BCUT2D eigenvalue weighted by Gasteiger charge is -2.22. The molecule has 1 aromatic carbocycles. The van der Waals surface area contributed by atoms with Crippen molar-refractivity contribution in [1.82, 2.24) is 4.90 Å². The Labute approximate surface area is 154 Å². The third-order valence-corrected chi connectivity index (χ3v) is 5.42. The number of hydrogen-bond acceptors (Lipinski definition) is 6. The summed E-state index contributed by atoms with van der Waals surface area (Å²) in [5, 5.41) is 9.44. The fourth-order valence-electron chi connectivity index (χ4n) is 2.27. The molecular formula is C16H17NO4S3. The molecule has 1 unspecified atom stereocenters. The van der Waals surface area contributed by atoms with Crippen LogP contribution in [0.15, 0.2) is 29.2 Å². The number of para-hydroxylation sites is 1. The lowest BCUT2D eigenvalue weighted by Crippen LogP contribution is -2.44. The van der Waals surface area contributed by atoms with Crippen molar-refractivity contribution in [3.8, 4) is 5.75 Å². The number of nitrogens with zero attached hydrogens (tertiary/aromatic N) is 1. The molecule has 1 heterocycles. The molecule has 1 N–H and O–H groups in total. The van der Waals surface area contributed by atoms with Crippen molar-refractivity contribution < 1.29 is 19.4 Å². The van der Waals surface area contributed by atoms with Crippen LogP contribution in [0.25, 0.3) is 6.08 Å². The number of ether oxygens (including phenoxy) is 1. The van der Waals surface area contributed by atoms with Crippen molar-refractivity contribution in [3.63, 3.8) is 0 Å². The number of carboxylic acid groups (broad SMARTS) is 1. The highest BCUT2D eigenvalue weighted by atomic mass is 32.2. The summed E-state index contributed by atoms with van der Waals surface area (Å²) in [7, 11) is 1.56. The van der Waals surface area contributed by atoms with Gasteiger partial charge in [0.05, 0.1) is 12.0 Å². The smallest absolute Gasteiger partial charge is 0.326 e. The van der Waals surface area contributed by atoms with Crippen LogP contribution in [0.1, 0.15) is 12.0 Å². The number of thioether (sulfide) groups is 2. The van der Waals surface area contributed by atoms with Gasteiger partial charge in [-0.3, -0.25) is 9.69 Å². The summed E-state index contributed by atoms with van der Waals surface area (Å²) in [6.45, 7) is 0. The Balaban J connectivity index is 2.30. The second-order valence-corrected chi connectivity index (χ2v) is 7.59. The Kier molecular flexibility index (Phi) is 6.70. The van der Waals surface area contributed by atoms with Crippen LogP contribution in [-0.4, -0.2) is 51.4 Å². The summed E-state index contributed by atoms with van der Waals surface area (Å²) in [6, 6.07) is 6.37. The Morgan fingerprint density at radius 1 is 1.50 bits per heavy atom. The highest BCUT2D eigenvalue weighted by Crippen LogP contribution is 2.36. The molecule has 24 heavy (non-hydrogen) atoms. The molecule has 5 nitrogen and oxygen atoms in total. The van der Waals surface area contributed by atoms with Crippen molar-refractivity contribution in [1.29, 1.82) is 0 Å². The van der Waals surface area contributed by atoms with E-state index in [9.17, 15) is 14.7 Å². The van der Waals surface area contributed by atoms with E-state index < -0.39 is 12.0 Å². The SMILES string of the molecule is COc1ccccc1/C=C1/SC(=S)N(C(CCSC)C(=O)O)C1=O. The van der Waals surface area contributed by atoms with Crippen LogP contribution in [0.3, 0.4) is 0 Å². The second kappa shape index (κ2) is 8.55. The maximum atomic E-state index is 12.7. The summed E-state index contributed by atoms with van der Waals surface area (Å²) in [6.07, 6.45) is 3.93. The number of benzene rings is 1. The molecule has 0 aromatic heterocycles. The highest BCUT2D eigenvalue weighted by molar-refractivity contribution is 8.26. The number of carbonyl (C=O) groups excluding carboxylic acids is 1. The van der Waals surface area contributed by atoms with Crippen LogP contribution >= 0.6 is 35.7 Å². The molecule has 1 atom stereocenters. The standard InChI is InChI=1S/C16H17NO4S3/c1-21-12-6-4-3-5-10(12)9-13-14(18)17(16(22)24-13)11(15(19)20)7-8-23-2/h3-6,9,11H,7-8H2,1-2H3,(H,19,20)/b13-9+. The first kappa shape index (κ1) is 18.8. The van der Waals surface area contributed by atoms with Crippen molar-refractivity contribution in [2.75, 3.05) is 19.1 Å². The van der Waals surface area contributed by atoms with Crippen molar-refractivity contribution >= 4 is 58.0 Å². The molecule has 1 saturated heterocycles. The van der Waals surface area contributed by atoms with Crippen LogP contribution in [0.4, 0.5) is 0 Å². The summed E-state index contributed by atoms with van der Waals surface area (Å²) < 4.78 is 5.55. The van der Waals surface area contributed by atoms with E-state index in [-0.39, 0.29) is 10.2 Å². The summed E-state index contributed by atoms with van der Waals surface area (Å²) in [4.78, 5) is 25.8. The van der Waals surface area contributed by atoms with Gasteiger partial charge in [-0.15, -0.1) is 0 Å². The van der Waals surface area contributed by atoms with E-state index >= 15 is 0 Å². The van der Waals surface area contributed by atoms with E-state index in [1.807, 2.05) is 24.5 Å². The molecule has 0 spiro atoms. The molecule has 1 amide bonds. The number of carbonyl (C=O) groups is 2. The monoisotopic (exact) mass is 383 g/mol. The molecule has 0 bridgehead atoms. The summed E-state index contributed by atoms with van der Waals surface area (Å²) in [5.41, 5.74) is 0.747. The molecule has 1 aliphatic rings. The topological polar surface area (TPSA) is 66.8 Å². The Morgan fingerprint density at radius 3 is 2.83 bits per heavy atom. The minimum absolute atomic E-state index is 0.273. The van der Waals surface area contributed by atoms with Gasteiger partial charge in [0, 0.05) is 5.56 Å². The lowest BCUT2D eigenvalue weighted by molar-refractivity contribution is -0.145. The fraction of sp³-hybridized carbons (Fsp3) is 0.312. The second-order valence-electron chi connectivity index (χ2n) is 4.93. The van der Waals surface area contributed by atoms with E-state index in [0.717, 1.165) is 17.3 Å². The van der Waals surface area contributed by atoms with Gasteiger partial charge < -0.3 is 9.84 Å². The number of hydrogen-bond donors (Lipinski definition) is 1. The van der Waals surface area contributed by atoms with Gasteiger partial charge in [-0.25, -0.2) is 4.79 Å². The van der Waals surface area contributed by atoms with E-state index in [0.29, 0.717) is 22.8 Å². The van der Waals surface area contributed by atoms with E-state index in [1.54, 1.807) is 19.3 Å². The van der Waals surface area contributed by atoms with Crippen LogP contribution in [-0.2, 0) is 9.59 Å². The van der Waals surface area contributed by atoms with Crippen LogP contribution in [0.2, 0.25) is 0 Å². The maximum absolute atomic E-state index is 12.7. The first-order valence-corrected chi connectivity index (χ1v) is 9.73. The van der Waals surface area contributed by atoms with Gasteiger partial charge in [-0.2, -0.15) is 11.8 Å². The normalized spacial score (nSPS) is 17.4. The fourth-order valence-corrected chi connectivity index (χ4v) is 4.07. The third-order valence-electron chi connectivity index (χ3n) is 3.44. The number of thiocarbonyl (C=S) groups is 1. The van der Waals surface area contributed by atoms with Crippen molar-refractivity contribution in [2.45, 2.75) is 12.5 Å². The zero-order chi connectivity index (χ0) is 17.7. The Bertz CT molecular complexity index is 690. The molecule has 0 aliphatic carbocycles. The molecule has 2 rings (SSSR count). The minimum Gasteiger partial charge on any atom is -0.496 e. The molecule has 1 fully saturated rings. The number of methoxy groups -OCH3 is 1. The first-order valence-electron chi connectivity index (χ1n) is 7.11. The molecule has 0 saturated carbocycles. The van der Waals surface area contributed by atoms with Crippen LogP contribution in [0.5, 0.6) is 5.75 Å². The van der Waals surface area contributed by atoms with E-state index in [4.69, 9.17) is 17.0 Å². The van der Waals surface area contributed by atoms with Gasteiger partial charge in [-0.05, 0) is 30.6 Å². The Hall–Kier alpha value is -1.51. The van der Waals surface area contributed by atoms with Crippen molar-refractivity contribution in [3.05, 3.63) is 34.7 Å². The van der Waals surface area contributed by atoms with E-state index in [2.05, 4.69) is 0 Å². The predicted octanol–water partition coefficient (Wildman–Crippen LogP) is 3.10. The number of aliphatic carboxylic acids is 1. The highest BCUT2D eigenvalue weighted by Gasteiger charge is 2.40. The predicted molar refractivity (Wildman–Crippen MR) is 102 cm³/mol. The number of carboxylic acids is 1. The van der Waals surface area contributed by atoms with Gasteiger partial charge in [0.25, 0.3) is 5.91 Å². The van der Waals surface area contributed by atoms with E-state index in [1.165, 1.54) is 16.7 Å². The summed E-state index contributed by atoms with van der Waals surface area (Å²) >= 11 is 7.90. The average Bonchev–Trinajstić information content (AvgIpc) is 2.83. The quantitative estimate of drug-likeness (QED) is 0.573. The zero-order valence-corrected chi connectivity index (χ0v) is 15.7. The molecule has 0 radical (unpaired) electrons. The maximum Gasteiger partial charge on any atom is 0.326 e. The van der Waals surface area contributed by atoms with Gasteiger partial charge >= 0.3 is 5.97 Å². The number of amides is 1. The molecular weight excluding hydrogens is 366 g/mol. The number of rotatable bonds is 7. The first-order chi connectivity index (χ1) is 11.5. The van der Waals surface area contributed by atoms with Crippen LogP contribution < -0.4 is 4.74 Å². The summed E-state index contributed by atoms with van der Waals surface area (Å²) in [5.74, 6) is -0.136. The van der Waals surface area contributed by atoms with Gasteiger partial charge in [0.15, 0.2) is 0 Å². The average molecular weight is 384 g/mol. The molecule has 1 aliphatic heterocycles. The van der Waals surface area contributed by atoms with Crippen molar-refractivity contribution in [2.24, 2.45) is 0 Å². The Morgan fingerprint density at radius 2 is 2.21 bits per heavy atom. The lowest BCUT2D eigenvalue weighted by atomic mass is 10.1. The third kappa shape index (κ3) is 4.12. The van der Waals surface area contributed by atoms with Gasteiger partial charge in [0.2, 0.25) is 0 Å². The van der Waals surface area contributed by atoms with Gasteiger partial charge in [-0.1, -0.05) is 42.2 Å².